The van der Waals surface area contributed by atoms with Crippen LogP contribution < -0.4 is 0 Å². The van der Waals surface area contributed by atoms with Crippen LogP contribution in [-0.4, -0.2) is 14.6 Å². The van der Waals surface area contributed by atoms with Crippen LogP contribution >= 0.6 is 0 Å². The molecule has 0 N–H and O–H groups in total. The van der Waals surface area contributed by atoms with Crippen molar-refractivity contribution < 1.29 is 0 Å². The van der Waals surface area contributed by atoms with Gasteiger partial charge in [-0.05, 0) is 25.3 Å². The van der Waals surface area contributed by atoms with Crippen molar-refractivity contribution >= 4 is 5.65 Å². The van der Waals surface area contributed by atoms with E-state index in [9.17, 15) is 0 Å². The van der Waals surface area contributed by atoms with Crippen LogP contribution in [0.15, 0.2) is 18.3 Å². The molecule has 2 aromatic heterocycles. The number of rotatable bonds is 2. The fourth-order valence-electron chi connectivity index (χ4n) is 3.11. The van der Waals surface area contributed by atoms with Gasteiger partial charge in [0.05, 0.1) is 11.6 Å². The van der Waals surface area contributed by atoms with Crippen LogP contribution in [0.2, 0.25) is 0 Å². The van der Waals surface area contributed by atoms with Gasteiger partial charge in [0.2, 0.25) is 0 Å². The third-order valence-corrected chi connectivity index (χ3v) is 4.25. The molecule has 3 rings (SSSR count). The van der Waals surface area contributed by atoms with Gasteiger partial charge in [0, 0.05) is 17.7 Å². The van der Waals surface area contributed by atoms with Crippen molar-refractivity contribution in [2.45, 2.75) is 44.4 Å². The van der Waals surface area contributed by atoms with Crippen molar-refractivity contribution in [1.29, 1.82) is 5.26 Å². The Morgan fingerprint density at radius 3 is 2.83 bits per heavy atom. The summed E-state index contributed by atoms with van der Waals surface area (Å²) in [6.45, 7) is 2.23. The molecule has 18 heavy (non-hydrogen) atoms. The smallest absolute Gasteiger partial charge is 0.162 e. The lowest BCUT2D eigenvalue weighted by Crippen LogP contribution is -2.24. The molecular weight excluding hydrogens is 224 g/mol. The van der Waals surface area contributed by atoms with Gasteiger partial charge in [0.25, 0.3) is 0 Å². The number of hydrogen-bond acceptors (Lipinski definition) is 3. The summed E-state index contributed by atoms with van der Waals surface area (Å²) >= 11 is 0. The largest absolute Gasteiger partial charge is 0.286 e. The molecule has 4 heteroatoms. The van der Waals surface area contributed by atoms with E-state index >= 15 is 0 Å². The summed E-state index contributed by atoms with van der Waals surface area (Å²) in [5.41, 5.74) is 1.61. The van der Waals surface area contributed by atoms with E-state index < -0.39 is 0 Å². The molecule has 92 valence electrons. The quantitative estimate of drug-likeness (QED) is 0.811. The van der Waals surface area contributed by atoms with E-state index in [2.05, 4.69) is 27.6 Å². The Labute approximate surface area is 106 Å². The minimum atomic E-state index is 0.188. The van der Waals surface area contributed by atoms with Gasteiger partial charge >= 0.3 is 0 Å². The maximum absolute atomic E-state index is 8.90. The fourth-order valence-corrected chi connectivity index (χ4v) is 3.11. The Bertz CT molecular complexity index is 614. The van der Waals surface area contributed by atoms with E-state index in [0.717, 1.165) is 17.9 Å². The average molecular weight is 240 g/mol. The van der Waals surface area contributed by atoms with E-state index in [1.807, 2.05) is 12.3 Å². The molecule has 1 fully saturated rings. The Balaban J connectivity index is 2.16. The summed E-state index contributed by atoms with van der Waals surface area (Å²) in [7, 11) is 0. The molecule has 0 radical (unpaired) electrons. The molecule has 0 bridgehead atoms. The number of hydrogen-bond donors (Lipinski definition) is 0. The lowest BCUT2D eigenvalue weighted by molar-refractivity contribution is 0.395. The van der Waals surface area contributed by atoms with Gasteiger partial charge in [-0.2, -0.15) is 5.26 Å². The van der Waals surface area contributed by atoms with E-state index in [1.54, 1.807) is 6.07 Å². The molecule has 0 aromatic carbocycles. The van der Waals surface area contributed by atoms with Crippen LogP contribution in [-0.2, 0) is 5.41 Å². The number of pyridine rings is 1. The molecular formula is C14H16N4. The Morgan fingerprint density at radius 1 is 1.39 bits per heavy atom. The van der Waals surface area contributed by atoms with Crippen molar-refractivity contribution in [2.24, 2.45) is 0 Å². The van der Waals surface area contributed by atoms with Gasteiger partial charge in [-0.1, -0.05) is 19.8 Å². The van der Waals surface area contributed by atoms with Crippen LogP contribution in [0.5, 0.6) is 0 Å². The minimum Gasteiger partial charge on any atom is -0.286 e. The molecule has 0 amide bonds. The molecule has 4 nitrogen and oxygen atoms in total. The highest BCUT2D eigenvalue weighted by Gasteiger charge is 2.37. The number of fused-ring (bicyclic) bond motifs is 1. The topological polar surface area (TPSA) is 54.0 Å². The zero-order chi connectivity index (χ0) is 12.6. The van der Waals surface area contributed by atoms with Gasteiger partial charge in [-0.15, -0.1) is 10.2 Å². The van der Waals surface area contributed by atoms with E-state index in [0.29, 0.717) is 5.56 Å². The second-order valence-electron chi connectivity index (χ2n) is 5.12. The predicted octanol–water partition coefficient (Wildman–Crippen LogP) is 2.82. The van der Waals surface area contributed by atoms with Crippen LogP contribution in [0.25, 0.3) is 5.65 Å². The maximum atomic E-state index is 8.90. The lowest BCUT2D eigenvalue weighted by atomic mass is 9.82. The highest BCUT2D eigenvalue weighted by molar-refractivity contribution is 5.46. The zero-order valence-corrected chi connectivity index (χ0v) is 10.6. The summed E-state index contributed by atoms with van der Waals surface area (Å²) in [5.74, 6) is 1.07. The van der Waals surface area contributed by atoms with Crippen molar-refractivity contribution in [1.82, 2.24) is 14.6 Å². The van der Waals surface area contributed by atoms with E-state index in [1.165, 1.54) is 25.7 Å². The Hall–Kier alpha value is -1.89. The van der Waals surface area contributed by atoms with Gasteiger partial charge in [0.15, 0.2) is 5.65 Å². The lowest BCUT2D eigenvalue weighted by Gasteiger charge is -2.25. The minimum absolute atomic E-state index is 0.188. The molecule has 0 atom stereocenters. The highest BCUT2D eigenvalue weighted by atomic mass is 15.3. The molecule has 1 aliphatic rings. The predicted molar refractivity (Wildman–Crippen MR) is 68.1 cm³/mol. The maximum Gasteiger partial charge on any atom is 0.162 e. The number of nitrogens with zero attached hydrogens (tertiary/aromatic N) is 4. The molecule has 1 aliphatic carbocycles. The first-order valence-electron chi connectivity index (χ1n) is 6.54. The average Bonchev–Trinajstić information content (AvgIpc) is 3.04. The first-order chi connectivity index (χ1) is 8.79. The third kappa shape index (κ3) is 1.51. The van der Waals surface area contributed by atoms with Crippen LogP contribution in [0.3, 0.4) is 0 Å². The SMILES string of the molecule is CCC1(c2nnc3cc(C#N)ccn23)CCCC1. The monoisotopic (exact) mass is 240 g/mol. The molecule has 1 saturated carbocycles. The molecule has 0 aliphatic heterocycles. The van der Waals surface area contributed by atoms with Crippen molar-refractivity contribution in [2.75, 3.05) is 0 Å². The van der Waals surface area contributed by atoms with Gasteiger partial charge in [0.1, 0.15) is 5.82 Å². The summed E-state index contributed by atoms with van der Waals surface area (Å²) < 4.78 is 2.05. The van der Waals surface area contributed by atoms with Crippen LogP contribution in [0.1, 0.15) is 50.4 Å². The van der Waals surface area contributed by atoms with Crippen molar-refractivity contribution in [3.63, 3.8) is 0 Å². The summed E-state index contributed by atoms with van der Waals surface area (Å²) in [5, 5.41) is 17.5. The molecule has 0 unspecified atom stereocenters. The summed E-state index contributed by atoms with van der Waals surface area (Å²) in [6.07, 6.45) is 7.99. The van der Waals surface area contributed by atoms with E-state index in [-0.39, 0.29) is 5.41 Å². The molecule has 2 heterocycles. The van der Waals surface area contributed by atoms with Crippen molar-refractivity contribution in [3.8, 4) is 6.07 Å². The Kier molecular flexibility index (Phi) is 2.55. The van der Waals surface area contributed by atoms with Gasteiger partial charge < -0.3 is 0 Å². The summed E-state index contributed by atoms with van der Waals surface area (Å²) in [6, 6.07) is 5.77. The number of nitriles is 1. The second kappa shape index (κ2) is 4.09. The summed E-state index contributed by atoms with van der Waals surface area (Å²) in [4.78, 5) is 0. The van der Waals surface area contributed by atoms with Gasteiger partial charge in [-0.25, -0.2) is 0 Å². The zero-order valence-electron chi connectivity index (χ0n) is 10.6. The molecule has 2 aromatic rings. The normalized spacial score (nSPS) is 18.0. The fraction of sp³-hybridized carbons (Fsp3) is 0.500. The van der Waals surface area contributed by atoms with Crippen molar-refractivity contribution in [3.05, 3.63) is 29.7 Å². The Morgan fingerprint density at radius 2 is 2.17 bits per heavy atom. The highest BCUT2D eigenvalue weighted by Crippen LogP contribution is 2.42. The first kappa shape index (κ1) is 11.2. The van der Waals surface area contributed by atoms with E-state index in [4.69, 9.17) is 5.26 Å². The molecule has 0 saturated heterocycles. The van der Waals surface area contributed by atoms with Crippen LogP contribution in [0, 0.1) is 11.3 Å². The van der Waals surface area contributed by atoms with Crippen LogP contribution in [0.4, 0.5) is 0 Å². The standard InChI is InChI=1S/C14H16N4/c1-2-14(6-3-4-7-14)13-17-16-12-9-11(10-15)5-8-18(12)13/h5,8-9H,2-4,6-7H2,1H3. The first-order valence-corrected chi connectivity index (χ1v) is 6.54. The second-order valence-corrected chi connectivity index (χ2v) is 5.12. The third-order valence-electron chi connectivity index (χ3n) is 4.25. The van der Waals surface area contributed by atoms with Gasteiger partial charge in [-0.3, -0.25) is 4.40 Å². The molecule has 0 spiro atoms. The number of aromatic nitrogens is 3.